The lowest BCUT2D eigenvalue weighted by Crippen LogP contribution is -2.34. The van der Waals surface area contributed by atoms with E-state index in [1.165, 1.54) is 6.08 Å². The number of nitrogens with zero attached hydrogens (tertiary/aromatic N) is 1. The van der Waals surface area contributed by atoms with Crippen molar-refractivity contribution in [2.24, 2.45) is 0 Å². The molecule has 1 rings (SSSR count). The highest BCUT2D eigenvalue weighted by atomic mass is 32.2. The number of amides is 1. The topological polar surface area (TPSA) is 54.5 Å². The average Bonchev–Trinajstić information content (AvgIpc) is 2.52. The molecule has 5 heteroatoms. The minimum Gasteiger partial charge on any atom is -0.269 e. The Hall–Kier alpha value is -0.840. The molecule has 0 unspecified atom stereocenters. The first-order valence-corrected chi connectivity index (χ1v) is 6.40. The van der Waals surface area contributed by atoms with E-state index in [1.54, 1.807) is 6.08 Å². The normalized spacial score (nSPS) is 16.6. The first-order valence-electron chi connectivity index (χ1n) is 4.79. The molecule has 0 atom stereocenters. The van der Waals surface area contributed by atoms with E-state index in [4.69, 9.17) is 0 Å². The molecule has 14 heavy (non-hydrogen) atoms. The Labute approximate surface area is 84.6 Å². The summed E-state index contributed by atoms with van der Waals surface area (Å²) in [7, 11) is -3.36. The second-order valence-corrected chi connectivity index (χ2v) is 5.31. The zero-order chi connectivity index (χ0) is 10.6. The van der Waals surface area contributed by atoms with E-state index >= 15 is 0 Å². The molecule has 4 nitrogen and oxygen atoms in total. The Bertz CT molecular complexity index is 332. The van der Waals surface area contributed by atoms with Crippen molar-refractivity contribution in [3.63, 3.8) is 0 Å². The predicted molar refractivity (Wildman–Crippen MR) is 54.2 cm³/mol. The number of carbonyl (C=O) groups is 1. The van der Waals surface area contributed by atoms with E-state index in [0.29, 0.717) is 6.42 Å². The van der Waals surface area contributed by atoms with Crippen LogP contribution in [0.4, 0.5) is 0 Å². The van der Waals surface area contributed by atoms with Crippen molar-refractivity contribution in [2.75, 3.05) is 12.3 Å². The summed E-state index contributed by atoms with van der Waals surface area (Å²) in [5.74, 6) is -0.338. The highest BCUT2D eigenvalue weighted by molar-refractivity contribution is 7.89. The quantitative estimate of drug-likeness (QED) is 0.643. The number of hydrogen-bond acceptors (Lipinski definition) is 3. The van der Waals surface area contributed by atoms with Gasteiger partial charge in [-0.15, -0.1) is 0 Å². The van der Waals surface area contributed by atoms with Crippen molar-refractivity contribution in [1.82, 2.24) is 4.31 Å². The molecule has 0 saturated carbocycles. The number of unbranched alkanes of at least 4 members (excludes halogenated alkanes) is 2. The molecule has 0 fully saturated rings. The van der Waals surface area contributed by atoms with Crippen molar-refractivity contribution in [3.8, 4) is 0 Å². The first kappa shape index (κ1) is 11.2. The van der Waals surface area contributed by atoms with Crippen LogP contribution in [0, 0.1) is 0 Å². The Morgan fingerprint density at radius 2 is 2.14 bits per heavy atom. The van der Waals surface area contributed by atoms with Crippen LogP contribution in [0.3, 0.4) is 0 Å². The Kier molecular flexibility index (Phi) is 3.69. The molecule has 0 aromatic rings. The molecule has 0 saturated heterocycles. The largest absolute Gasteiger partial charge is 0.269 e. The van der Waals surface area contributed by atoms with E-state index in [1.807, 2.05) is 6.92 Å². The third kappa shape index (κ3) is 2.57. The fraction of sp³-hybridized carbons (Fsp3) is 0.667. The summed E-state index contributed by atoms with van der Waals surface area (Å²) in [6, 6.07) is 0. The highest BCUT2D eigenvalue weighted by Crippen LogP contribution is 2.11. The Balaban J connectivity index is 2.53. The lowest BCUT2D eigenvalue weighted by Gasteiger charge is -2.15. The lowest BCUT2D eigenvalue weighted by atomic mass is 10.3. The monoisotopic (exact) mass is 217 g/mol. The Morgan fingerprint density at radius 3 is 2.64 bits per heavy atom. The minimum atomic E-state index is -3.36. The van der Waals surface area contributed by atoms with Crippen LogP contribution in [0.5, 0.6) is 0 Å². The van der Waals surface area contributed by atoms with Gasteiger partial charge < -0.3 is 0 Å². The van der Waals surface area contributed by atoms with E-state index in [9.17, 15) is 13.2 Å². The molecule has 0 aromatic heterocycles. The summed E-state index contributed by atoms with van der Waals surface area (Å²) in [6.07, 6.45) is 5.36. The number of carbonyl (C=O) groups excluding carboxylic acids is 1. The van der Waals surface area contributed by atoms with Crippen molar-refractivity contribution in [1.29, 1.82) is 0 Å². The van der Waals surface area contributed by atoms with Crippen LogP contribution >= 0.6 is 0 Å². The van der Waals surface area contributed by atoms with E-state index in [-0.39, 0.29) is 12.3 Å². The van der Waals surface area contributed by atoms with E-state index in [0.717, 1.165) is 17.1 Å². The zero-order valence-corrected chi connectivity index (χ0v) is 9.09. The van der Waals surface area contributed by atoms with Crippen LogP contribution in [0.1, 0.15) is 26.2 Å². The van der Waals surface area contributed by atoms with Gasteiger partial charge in [-0.1, -0.05) is 25.8 Å². The second-order valence-electron chi connectivity index (χ2n) is 3.29. The maximum atomic E-state index is 11.6. The molecule has 0 radical (unpaired) electrons. The number of hydrogen-bond donors (Lipinski definition) is 0. The van der Waals surface area contributed by atoms with Gasteiger partial charge in [0.25, 0.3) is 5.91 Å². The van der Waals surface area contributed by atoms with Gasteiger partial charge in [0.15, 0.2) is 0 Å². The van der Waals surface area contributed by atoms with Crippen LogP contribution < -0.4 is 0 Å². The molecular formula is C9H15NO3S. The molecule has 0 N–H and O–H groups in total. The van der Waals surface area contributed by atoms with Gasteiger partial charge >= 0.3 is 0 Å². The van der Waals surface area contributed by atoms with E-state index in [2.05, 4.69) is 0 Å². The van der Waals surface area contributed by atoms with Crippen LogP contribution in [-0.2, 0) is 14.8 Å². The van der Waals surface area contributed by atoms with Crippen molar-refractivity contribution < 1.29 is 13.2 Å². The van der Waals surface area contributed by atoms with Gasteiger partial charge in [-0.25, -0.2) is 12.7 Å². The molecule has 1 aliphatic rings. The molecule has 80 valence electrons. The summed E-state index contributed by atoms with van der Waals surface area (Å²) in [5, 5.41) is 0. The number of rotatable bonds is 5. The van der Waals surface area contributed by atoms with Crippen LogP contribution in [-0.4, -0.2) is 30.9 Å². The van der Waals surface area contributed by atoms with Crippen LogP contribution in [0.25, 0.3) is 0 Å². The summed E-state index contributed by atoms with van der Waals surface area (Å²) < 4.78 is 24.1. The molecule has 0 bridgehead atoms. The molecule has 1 amide bonds. The van der Waals surface area contributed by atoms with Gasteiger partial charge in [0, 0.05) is 6.08 Å². The summed E-state index contributed by atoms with van der Waals surface area (Å²) in [6.45, 7) is 2.21. The van der Waals surface area contributed by atoms with Gasteiger partial charge in [-0.05, 0) is 6.42 Å². The molecule has 0 aliphatic carbocycles. The van der Waals surface area contributed by atoms with Gasteiger partial charge in [0.2, 0.25) is 10.0 Å². The zero-order valence-electron chi connectivity index (χ0n) is 8.27. The number of sulfonamides is 1. The van der Waals surface area contributed by atoms with Crippen LogP contribution in [0.15, 0.2) is 12.2 Å². The summed E-state index contributed by atoms with van der Waals surface area (Å²) >= 11 is 0. The van der Waals surface area contributed by atoms with Crippen LogP contribution in [0.2, 0.25) is 0 Å². The predicted octanol–water partition coefficient (Wildman–Crippen LogP) is 0.905. The summed E-state index contributed by atoms with van der Waals surface area (Å²) in [4.78, 5) is 11.1. The lowest BCUT2D eigenvalue weighted by molar-refractivity contribution is -0.120. The van der Waals surface area contributed by atoms with Crippen molar-refractivity contribution >= 4 is 15.9 Å². The fourth-order valence-corrected chi connectivity index (χ4v) is 2.76. The third-order valence-corrected chi connectivity index (χ3v) is 3.92. The molecule has 1 aliphatic heterocycles. The average molecular weight is 217 g/mol. The second kappa shape index (κ2) is 4.59. The molecule has 1 heterocycles. The smallest absolute Gasteiger partial charge is 0.260 e. The maximum absolute atomic E-state index is 11.6. The van der Waals surface area contributed by atoms with Gasteiger partial charge in [0.1, 0.15) is 0 Å². The third-order valence-electron chi connectivity index (χ3n) is 2.12. The highest BCUT2D eigenvalue weighted by Gasteiger charge is 2.27. The fourth-order valence-electron chi connectivity index (χ4n) is 1.32. The van der Waals surface area contributed by atoms with Crippen molar-refractivity contribution in [2.45, 2.75) is 26.2 Å². The van der Waals surface area contributed by atoms with E-state index < -0.39 is 15.9 Å². The van der Waals surface area contributed by atoms with Crippen molar-refractivity contribution in [3.05, 3.63) is 12.2 Å². The SMILES string of the molecule is CCCCCS(=O)(=O)N1CC=CC1=O. The van der Waals surface area contributed by atoms with Gasteiger partial charge in [0.05, 0.1) is 12.3 Å². The molecular weight excluding hydrogens is 202 g/mol. The molecule has 0 spiro atoms. The first-order chi connectivity index (χ1) is 6.58. The van der Waals surface area contributed by atoms with Gasteiger partial charge in [-0.2, -0.15) is 0 Å². The standard InChI is InChI=1S/C9H15NO3S/c1-2-3-4-8-14(12,13)10-7-5-6-9(10)11/h5-6H,2-4,7-8H2,1H3. The minimum absolute atomic E-state index is 0.0776. The Morgan fingerprint density at radius 1 is 1.43 bits per heavy atom. The van der Waals surface area contributed by atoms with Gasteiger partial charge in [-0.3, -0.25) is 4.79 Å². The summed E-state index contributed by atoms with van der Waals surface area (Å²) in [5.41, 5.74) is 0. The maximum Gasteiger partial charge on any atom is 0.260 e. The molecule has 0 aromatic carbocycles.